The van der Waals surface area contributed by atoms with E-state index in [4.69, 9.17) is 0 Å². The van der Waals surface area contributed by atoms with Gasteiger partial charge in [-0.2, -0.15) is 4.31 Å². The molecule has 0 unspecified atom stereocenters. The summed E-state index contributed by atoms with van der Waals surface area (Å²) >= 11 is 0. The van der Waals surface area contributed by atoms with Gasteiger partial charge in [0.2, 0.25) is 10.0 Å². The van der Waals surface area contributed by atoms with Crippen molar-refractivity contribution in [1.29, 1.82) is 0 Å². The quantitative estimate of drug-likeness (QED) is 0.854. The van der Waals surface area contributed by atoms with Gasteiger partial charge >= 0.3 is 0 Å². The van der Waals surface area contributed by atoms with E-state index in [1.54, 1.807) is 16.7 Å². The summed E-state index contributed by atoms with van der Waals surface area (Å²) in [4.78, 5) is 3.94. The van der Waals surface area contributed by atoms with Crippen molar-refractivity contribution in [3.8, 4) is 0 Å². The number of pyridine rings is 1. The first-order chi connectivity index (χ1) is 8.39. The molecule has 0 aliphatic carbocycles. The summed E-state index contributed by atoms with van der Waals surface area (Å²) < 4.78 is 25.9. The molecule has 0 aromatic carbocycles. The molecule has 0 radical (unpaired) electrons. The lowest BCUT2D eigenvalue weighted by Crippen LogP contribution is -2.46. The number of hydrogen-bond acceptors (Lipinski definition) is 4. The van der Waals surface area contributed by atoms with E-state index in [0.29, 0.717) is 19.6 Å². The van der Waals surface area contributed by atoms with Crippen LogP contribution in [-0.2, 0) is 16.6 Å². The molecule has 0 bridgehead atoms. The van der Waals surface area contributed by atoms with Gasteiger partial charge in [0.05, 0.1) is 5.75 Å². The Morgan fingerprint density at radius 1 is 1.39 bits per heavy atom. The van der Waals surface area contributed by atoms with Gasteiger partial charge in [-0.1, -0.05) is 0 Å². The molecule has 100 valence electrons. The maximum absolute atomic E-state index is 12.2. The van der Waals surface area contributed by atoms with Crippen molar-refractivity contribution in [1.82, 2.24) is 14.6 Å². The normalized spacial score (nSPS) is 23.4. The third-order valence-corrected chi connectivity index (χ3v) is 4.80. The van der Waals surface area contributed by atoms with Crippen molar-refractivity contribution in [2.45, 2.75) is 25.9 Å². The third kappa shape index (κ3) is 3.28. The topological polar surface area (TPSA) is 62.3 Å². The summed E-state index contributed by atoms with van der Waals surface area (Å²) in [5, 5.41) is 3.26. The molecule has 0 atom stereocenters. The molecule has 0 amide bonds. The first-order valence-corrected chi connectivity index (χ1v) is 7.62. The van der Waals surface area contributed by atoms with Crippen molar-refractivity contribution >= 4 is 10.0 Å². The molecule has 18 heavy (non-hydrogen) atoms. The Kier molecular flexibility index (Phi) is 3.70. The van der Waals surface area contributed by atoms with E-state index in [1.165, 1.54) is 0 Å². The number of nitrogens with one attached hydrogen (secondary N) is 1. The molecular formula is C12H19N3O2S. The molecule has 1 fully saturated rings. The predicted octanol–water partition coefficient (Wildman–Crippen LogP) is 0.595. The van der Waals surface area contributed by atoms with Gasteiger partial charge in [0.1, 0.15) is 0 Å². The number of rotatable bonds is 2. The van der Waals surface area contributed by atoms with Crippen molar-refractivity contribution in [3.63, 3.8) is 0 Å². The van der Waals surface area contributed by atoms with Crippen molar-refractivity contribution in [2.24, 2.45) is 0 Å². The Morgan fingerprint density at radius 2 is 2.06 bits per heavy atom. The maximum atomic E-state index is 12.2. The fraction of sp³-hybridized carbons (Fsp3) is 0.583. The Morgan fingerprint density at radius 3 is 2.72 bits per heavy atom. The van der Waals surface area contributed by atoms with Crippen LogP contribution in [0.2, 0.25) is 0 Å². The second-order valence-corrected chi connectivity index (χ2v) is 7.34. The summed E-state index contributed by atoms with van der Waals surface area (Å²) in [7, 11) is -3.18. The summed E-state index contributed by atoms with van der Waals surface area (Å²) in [6.45, 7) is 5.44. The van der Waals surface area contributed by atoms with Crippen LogP contribution in [0.1, 0.15) is 19.4 Å². The summed E-state index contributed by atoms with van der Waals surface area (Å²) in [5.74, 6) is 0.154. The minimum absolute atomic E-state index is 0.154. The molecule has 1 saturated heterocycles. The van der Waals surface area contributed by atoms with Crippen LogP contribution in [0, 0.1) is 0 Å². The Bertz CT molecular complexity index is 499. The Labute approximate surface area is 108 Å². The molecule has 6 heteroatoms. The number of sulfonamides is 1. The molecule has 1 N–H and O–H groups in total. The lowest BCUT2D eigenvalue weighted by atomic mass is 10.1. The highest BCUT2D eigenvalue weighted by atomic mass is 32.2. The molecule has 2 heterocycles. The van der Waals surface area contributed by atoms with Gasteiger partial charge in [0.15, 0.2) is 0 Å². The van der Waals surface area contributed by atoms with Crippen molar-refractivity contribution in [2.75, 3.05) is 18.8 Å². The van der Waals surface area contributed by atoms with E-state index < -0.39 is 10.0 Å². The number of aromatic nitrogens is 1. The molecule has 0 saturated carbocycles. The van der Waals surface area contributed by atoms with E-state index in [1.807, 2.05) is 26.0 Å². The first-order valence-electron chi connectivity index (χ1n) is 6.01. The zero-order chi connectivity index (χ0) is 13.2. The second-order valence-electron chi connectivity index (χ2n) is 5.25. The average Bonchev–Trinajstić information content (AvgIpc) is 2.37. The van der Waals surface area contributed by atoms with Crippen LogP contribution in [0.15, 0.2) is 24.5 Å². The van der Waals surface area contributed by atoms with Crippen LogP contribution in [-0.4, -0.2) is 42.1 Å². The number of nitrogens with zero attached hydrogens (tertiary/aromatic N) is 2. The fourth-order valence-corrected chi connectivity index (χ4v) is 3.57. The monoisotopic (exact) mass is 269 g/mol. The van der Waals surface area contributed by atoms with Crippen molar-refractivity contribution in [3.05, 3.63) is 30.1 Å². The lowest BCUT2D eigenvalue weighted by molar-refractivity contribution is 0.300. The van der Waals surface area contributed by atoms with Gasteiger partial charge in [-0.15, -0.1) is 0 Å². The highest BCUT2D eigenvalue weighted by molar-refractivity contribution is 7.89. The van der Waals surface area contributed by atoms with Crippen LogP contribution in [0.4, 0.5) is 0 Å². The van der Waals surface area contributed by atoms with E-state index in [9.17, 15) is 8.42 Å². The van der Waals surface area contributed by atoms with Crippen LogP contribution < -0.4 is 5.32 Å². The van der Waals surface area contributed by atoms with Crippen molar-refractivity contribution < 1.29 is 8.42 Å². The van der Waals surface area contributed by atoms with Crippen LogP contribution >= 0.6 is 0 Å². The lowest BCUT2D eigenvalue weighted by Gasteiger charge is -2.28. The third-order valence-electron chi connectivity index (χ3n) is 3.04. The Balaban J connectivity index is 2.22. The second kappa shape index (κ2) is 4.95. The molecule has 1 aromatic heterocycles. The van der Waals surface area contributed by atoms with Gasteiger partial charge in [0, 0.05) is 37.6 Å². The smallest absolute Gasteiger partial charge is 0.215 e. The van der Waals surface area contributed by atoms with E-state index in [0.717, 1.165) is 5.56 Å². The van der Waals surface area contributed by atoms with E-state index in [2.05, 4.69) is 10.3 Å². The summed E-state index contributed by atoms with van der Waals surface area (Å²) in [6, 6.07) is 3.70. The largest absolute Gasteiger partial charge is 0.309 e. The highest BCUT2D eigenvalue weighted by Crippen LogP contribution is 2.17. The van der Waals surface area contributed by atoms with Gasteiger partial charge in [-0.3, -0.25) is 4.98 Å². The Hall–Kier alpha value is -0.980. The van der Waals surface area contributed by atoms with Crippen LogP contribution in [0.3, 0.4) is 0 Å². The van der Waals surface area contributed by atoms with E-state index >= 15 is 0 Å². The molecule has 1 aliphatic heterocycles. The van der Waals surface area contributed by atoms with Gasteiger partial charge < -0.3 is 5.32 Å². The standard InChI is InChI=1S/C12H19N3O2S/c1-12(2)10-15(18(16,17)8-7-14-12)9-11-3-5-13-6-4-11/h3-6,14H,7-10H2,1-2H3. The first kappa shape index (κ1) is 13.5. The highest BCUT2D eigenvalue weighted by Gasteiger charge is 2.32. The average molecular weight is 269 g/mol. The van der Waals surface area contributed by atoms with Gasteiger partial charge in [0.25, 0.3) is 0 Å². The molecule has 5 nitrogen and oxygen atoms in total. The minimum atomic E-state index is -3.18. The molecule has 2 rings (SSSR count). The SMILES string of the molecule is CC1(C)CN(Cc2ccncc2)S(=O)(=O)CCN1. The van der Waals surface area contributed by atoms with Crippen LogP contribution in [0.5, 0.6) is 0 Å². The molecular weight excluding hydrogens is 250 g/mol. The van der Waals surface area contributed by atoms with E-state index in [-0.39, 0.29) is 11.3 Å². The summed E-state index contributed by atoms with van der Waals surface area (Å²) in [6.07, 6.45) is 3.37. The fourth-order valence-electron chi connectivity index (χ4n) is 2.09. The zero-order valence-electron chi connectivity index (χ0n) is 10.8. The van der Waals surface area contributed by atoms with Gasteiger partial charge in [-0.05, 0) is 31.5 Å². The van der Waals surface area contributed by atoms with Gasteiger partial charge in [-0.25, -0.2) is 8.42 Å². The predicted molar refractivity (Wildman–Crippen MR) is 70.5 cm³/mol. The van der Waals surface area contributed by atoms with Crippen LogP contribution in [0.25, 0.3) is 0 Å². The molecule has 1 aromatic rings. The molecule has 1 aliphatic rings. The minimum Gasteiger partial charge on any atom is -0.309 e. The maximum Gasteiger partial charge on any atom is 0.215 e. The molecule has 0 spiro atoms. The zero-order valence-corrected chi connectivity index (χ0v) is 11.6. The number of hydrogen-bond donors (Lipinski definition) is 1. The summed E-state index contributed by atoms with van der Waals surface area (Å²) in [5.41, 5.74) is 0.766.